The summed E-state index contributed by atoms with van der Waals surface area (Å²) in [5, 5.41) is 0. The molecule has 0 N–H and O–H groups in total. The van der Waals surface area contributed by atoms with Crippen molar-refractivity contribution in [1.82, 2.24) is 4.90 Å². The van der Waals surface area contributed by atoms with E-state index in [1.165, 1.54) is 42.5 Å². The Morgan fingerprint density at radius 1 is 0.893 bits per heavy atom. The zero-order chi connectivity index (χ0) is 19.8. The lowest BCUT2D eigenvalue weighted by Crippen LogP contribution is -2.47. The number of hydrogen-bond donors (Lipinski definition) is 0. The molecular weight excluding hydrogens is 344 g/mol. The summed E-state index contributed by atoms with van der Waals surface area (Å²) in [5.41, 5.74) is 5.80. The molecule has 0 aliphatic carbocycles. The lowest BCUT2D eigenvalue weighted by molar-refractivity contribution is 0.261. The Labute approximate surface area is 171 Å². The largest absolute Gasteiger partial charge is 0.497 e. The second kappa shape index (κ2) is 10.5. The molecule has 1 aliphatic heterocycles. The molecule has 2 aromatic carbocycles. The van der Waals surface area contributed by atoms with Crippen molar-refractivity contribution in [2.75, 3.05) is 44.7 Å². The van der Waals surface area contributed by atoms with Crippen LogP contribution in [0, 0.1) is 6.92 Å². The molecule has 0 saturated carbocycles. The smallest absolute Gasteiger partial charge is 0.119 e. The summed E-state index contributed by atoms with van der Waals surface area (Å²) in [6.07, 6.45) is 6.33. The third kappa shape index (κ3) is 5.75. The minimum Gasteiger partial charge on any atom is -0.497 e. The molecule has 0 unspecified atom stereocenters. The first-order valence-corrected chi connectivity index (χ1v) is 10.9. The van der Waals surface area contributed by atoms with Crippen LogP contribution in [0.2, 0.25) is 0 Å². The first-order valence-electron chi connectivity index (χ1n) is 10.9. The fourth-order valence-corrected chi connectivity index (χ4v) is 4.03. The maximum absolute atomic E-state index is 5.26. The van der Waals surface area contributed by atoms with Gasteiger partial charge < -0.3 is 9.64 Å². The molecule has 3 rings (SSSR count). The minimum absolute atomic E-state index is 0.926. The van der Waals surface area contributed by atoms with Crippen molar-refractivity contribution < 1.29 is 4.74 Å². The topological polar surface area (TPSA) is 15.7 Å². The molecule has 28 heavy (non-hydrogen) atoms. The van der Waals surface area contributed by atoms with Crippen LogP contribution in [0.25, 0.3) is 0 Å². The Balaban J connectivity index is 1.46. The normalized spacial score (nSPS) is 15.0. The summed E-state index contributed by atoms with van der Waals surface area (Å²) < 4.78 is 5.26. The van der Waals surface area contributed by atoms with E-state index < -0.39 is 0 Å². The number of ether oxygens (including phenoxy) is 1. The Bertz CT molecular complexity index is 718. The number of benzene rings is 2. The number of rotatable bonds is 9. The first kappa shape index (κ1) is 20.7. The van der Waals surface area contributed by atoms with E-state index in [2.05, 4.69) is 66.1 Å². The van der Waals surface area contributed by atoms with Gasteiger partial charge in [-0.25, -0.2) is 0 Å². The van der Waals surface area contributed by atoms with Gasteiger partial charge in [0.05, 0.1) is 7.11 Å². The number of hydrogen-bond acceptors (Lipinski definition) is 3. The monoisotopic (exact) mass is 380 g/mol. The SMILES string of the molecule is CCCCCc1cc(CCN2CCN(c3ccc(OC)cc3)CC2)ccc1C. The summed E-state index contributed by atoms with van der Waals surface area (Å²) in [4.78, 5) is 5.09. The number of aryl methyl sites for hydroxylation is 2. The van der Waals surface area contributed by atoms with Gasteiger partial charge in [0.1, 0.15) is 5.75 Å². The van der Waals surface area contributed by atoms with Gasteiger partial charge in [-0.2, -0.15) is 0 Å². The molecule has 0 radical (unpaired) electrons. The summed E-state index contributed by atoms with van der Waals surface area (Å²) in [6, 6.07) is 15.5. The summed E-state index contributed by atoms with van der Waals surface area (Å²) in [6.45, 7) is 10.2. The van der Waals surface area contributed by atoms with Crippen LogP contribution in [-0.2, 0) is 12.8 Å². The third-order valence-corrected chi connectivity index (χ3v) is 5.99. The number of piperazine rings is 1. The maximum atomic E-state index is 5.26. The highest BCUT2D eigenvalue weighted by Gasteiger charge is 2.17. The van der Waals surface area contributed by atoms with Crippen LogP contribution in [0.1, 0.15) is 42.9 Å². The molecule has 0 bridgehead atoms. The summed E-state index contributed by atoms with van der Waals surface area (Å²) in [5.74, 6) is 0.926. The van der Waals surface area contributed by atoms with Gasteiger partial charge >= 0.3 is 0 Å². The molecule has 1 heterocycles. The molecule has 3 heteroatoms. The number of unbranched alkanes of at least 4 members (excludes halogenated alkanes) is 2. The van der Waals surface area contributed by atoms with Gasteiger partial charge in [0, 0.05) is 38.4 Å². The minimum atomic E-state index is 0.926. The Morgan fingerprint density at radius 3 is 2.32 bits per heavy atom. The molecule has 2 aromatic rings. The molecular formula is C25H36N2O. The lowest BCUT2D eigenvalue weighted by atomic mass is 9.98. The highest BCUT2D eigenvalue weighted by molar-refractivity contribution is 5.49. The predicted molar refractivity (Wildman–Crippen MR) is 120 cm³/mol. The van der Waals surface area contributed by atoms with E-state index in [4.69, 9.17) is 4.74 Å². The van der Waals surface area contributed by atoms with E-state index in [1.54, 1.807) is 12.7 Å². The Kier molecular flexibility index (Phi) is 7.79. The predicted octanol–water partition coefficient (Wildman–Crippen LogP) is 5.10. The molecule has 152 valence electrons. The van der Waals surface area contributed by atoms with Crippen molar-refractivity contribution in [3.05, 3.63) is 59.2 Å². The van der Waals surface area contributed by atoms with Crippen molar-refractivity contribution in [1.29, 1.82) is 0 Å². The van der Waals surface area contributed by atoms with E-state index in [0.717, 1.165) is 44.9 Å². The first-order chi connectivity index (χ1) is 13.7. The van der Waals surface area contributed by atoms with E-state index in [9.17, 15) is 0 Å². The second-order valence-electron chi connectivity index (χ2n) is 7.99. The van der Waals surface area contributed by atoms with Crippen molar-refractivity contribution in [2.24, 2.45) is 0 Å². The number of anilines is 1. The van der Waals surface area contributed by atoms with Crippen LogP contribution in [0.15, 0.2) is 42.5 Å². The quantitative estimate of drug-likeness (QED) is 0.563. The molecule has 1 saturated heterocycles. The van der Waals surface area contributed by atoms with E-state index in [-0.39, 0.29) is 0 Å². The molecule has 0 atom stereocenters. The van der Waals surface area contributed by atoms with E-state index >= 15 is 0 Å². The van der Waals surface area contributed by atoms with Crippen LogP contribution < -0.4 is 9.64 Å². The van der Waals surface area contributed by atoms with Crippen LogP contribution >= 0.6 is 0 Å². The number of nitrogens with zero attached hydrogens (tertiary/aromatic N) is 2. The molecule has 1 aliphatic rings. The van der Waals surface area contributed by atoms with Gasteiger partial charge in [-0.15, -0.1) is 0 Å². The fourth-order valence-electron chi connectivity index (χ4n) is 4.03. The molecule has 0 spiro atoms. The van der Waals surface area contributed by atoms with Crippen molar-refractivity contribution >= 4 is 5.69 Å². The van der Waals surface area contributed by atoms with Crippen molar-refractivity contribution in [3.8, 4) is 5.75 Å². The standard InChI is InChI=1S/C25H36N2O/c1-4-5-6-7-23-20-22(9-8-21(23)2)14-15-26-16-18-27(19-17-26)24-10-12-25(28-3)13-11-24/h8-13,20H,4-7,14-19H2,1-3H3. The molecule has 0 aromatic heterocycles. The van der Waals surface area contributed by atoms with Crippen molar-refractivity contribution in [2.45, 2.75) is 46.0 Å². The third-order valence-electron chi connectivity index (χ3n) is 5.99. The van der Waals surface area contributed by atoms with Gasteiger partial charge in [0.2, 0.25) is 0 Å². The van der Waals surface area contributed by atoms with Gasteiger partial charge in [-0.3, -0.25) is 4.90 Å². The number of methoxy groups -OCH3 is 1. The molecule has 0 amide bonds. The highest BCUT2D eigenvalue weighted by atomic mass is 16.5. The van der Waals surface area contributed by atoms with E-state index in [1.807, 2.05) is 0 Å². The zero-order valence-corrected chi connectivity index (χ0v) is 17.9. The average Bonchev–Trinajstić information content (AvgIpc) is 2.75. The summed E-state index contributed by atoms with van der Waals surface area (Å²) >= 11 is 0. The highest BCUT2D eigenvalue weighted by Crippen LogP contribution is 2.21. The van der Waals surface area contributed by atoms with Gasteiger partial charge in [0.25, 0.3) is 0 Å². The van der Waals surface area contributed by atoms with Gasteiger partial charge in [-0.1, -0.05) is 38.0 Å². The van der Waals surface area contributed by atoms with Gasteiger partial charge in [0.15, 0.2) is 0 Å². The zero-order valence-electron chi connectivity index (χ0n) is 17.9. The Morgan fingerprint density at radius 2 is 1.64 bits per heavy atom. The average molecular weight is 381 g/mol. The van der Waals surface area contributed by atoms with Crippen LogP contribution in [0.4, 0.5) is 5.69 Å². The fraction of sp³-hybridized carbons (Fsp3) is 0.520. The summed E-state index contributed by atoms with van der Waals surface area (Å²) in [7, 11) is 1.72. The van der Waals surface area contributed by atoms with Crippen LogP contribution in [0.3, 0.4) is 0 Å². The van der Waals surface area contributed by atoms with Crippen molar-refractivity contribution in [3.63, 3.8) is 0 Å². The maximum Gasteiger partial charge on any atom is 0.119 e. The van der Waals surface area contributed by atoms with Crippen LogP contribution in [-0.4, -0.2) is 44.7 Å². The molecule has 3 nitrogen and oxygen atoms in total. The second-order valence-corrected chi connectivity index (χ2v) is 7.99. The van der Waals surface area contributed by atoms with Crippen LogP contribution in [0.5, 0.6) is 5.75 Å². The van der Waals surface area contributed by atoms with Gasteiger partial charge in [-0.05, 0) is 67.1 Å². The molecule has 1 fully saturated rings. The lowest BCUT2D eigenvalue weighted by Gasteiger charge is -2.36. The van der Waals surface area contributed by atoms with E-state index in [0.29, 0.717) is 0 Å². The Hall–Kier alpha value is -2.00.